The number of hydrogen-bond donors (Lipinski definition) is 1. The molecule has 1 N–H and O–H groups in total. The minimum absolute atomic E-state index is 0.0468. The van der Waals surface area contributed by atoms with Gasteiger partial charge in [-0.25, -0.2) is 4.79 Å². The van der Waals surface area contributed by atoms with Gasteiger partial charge in [-0.15, -0.1) is 0 Å². The summed E-state index contributed by atoms with van der Waals surface area (Å²) in [5.41, 5.74) is 0.871. The number of amides is 2. The molecular weight excluding hydrogens is 214 g/mol. The zero-order valence-corrected chi connectivity index (χ0v) is 9.97. The second kappa shape index (κ2) is 4.04. The maximum absolute atomic E-state index is 12.1. The summed E-state index contributed by atoms with van der Waals surface area (Å²) in [5, 5.41) is 2.96. The number of likely N-dealkylation sites (N-methyl/N-ethyl adjacent to an activating group) is 1. The Balaban J connectivity index is 1.65. The zero-order chi connectivity index (χ0) is 11.8. The molecule has 0 radical (unpaired) electrons. The average molecular weight is 231 g/mol. The summed E-state index contributed by atoms with van der Waals surface area (Å²) in [6.45, 7) is 2.00. The van der Waals surface area contributed by atoms with Crippen molar-refractivity contribution in [1.82, 2.24) is 9.80 Å². The van der Waals surface area contributed by atoms with E-state index in [1.54, 1.807) is 0 Å². The third kappa shape index (κ3) is 1.89. The first-order valence-electron chi connectivity index (χ1n) is 6.07. The van der Waals surface area contributed by atoms with E-state index in [4.69, 9.17) is 0 Å². The summed E-state index contributed by atoms with van der Waals surface area (Å²) >= 11 is 0. The Morgan fingerprint density at radius 1 is 1.24 bits per heavy atom. The molecule has 3 heterocycles. The van der Waals surface area contributed by atoms with Crippen molar-refractivity contribution in [1.29, 1.82) is 0 Å². The van der Waals surface area contributed by atoms with Crippen molar-refractivity contribution in [2.24, 2.45) is 0 Å². The number of piperidine rings is 1. The maximum Gasteiger partial charge on any atom is 0.322 e. The zero-order valence-electron chi connectivity index (χ0n) is 9.97. The topological polar surface area (TPSA) is 35.6 Å². The molecule has 3 aliphatic heterocycles. The number of piperazine rings is 1. The van der Waals surface area contributed by atoms with E-state index in [1.807, 2.05) is 35.2 Å². The molecule has 4 nitrogen and oxygen atoms in total. The number of rotatable bonds is 1. The van der Waals surface area contributed by atoms with Gasteiger partial charge < -0.3 is 15.1 Å². The van der Waals surface area contributed by atoms with Crippen LogP contribution in [0.15, 0.2) is 30.3 Å². The molecule has 1 aromatic carbocycles. The Kier molecular flexibility index (Phi) is 2.52. The number of benzene rings is 1. The van der Waals surface area contributed by atoms with E-state index in [9.17, 15) is 4.79 Å². The summed E-state index contributed by atoms with van der Waals surface area (Å²) < 4.78 is 0. The summed E-state index contributed by atoms with van der Waals surface area (Å²) in [6.07, 6.45) is 1.16. The van der Waals surface area contributed by atoms with E-state index in [2.05, 4.69) is 17.3 Å². The van der Waals surface area contributed by atoms with Crippen molar-refractivity contribution in [2.45, 2.75) is 18.5 Å². The van der Waals surface area contributed by atoms with Gasteiger partial charge in [-0.1, -0.05) is 18.2 Å². The Morgan fingerprint density at radius 3 is 2.53 bits per heavy atom. The fourth-order valence-corrected chi connectivity index (χ4v) is 2.86. The Labute approximate surface area is 101 Å². The number of urea groups is 1. The van der Waals surface area contributed by atoms with Gasteiger partial charge in [0.05, 0.1) is 0 Å². The highest BCUT2D eigenvalue weighted by molar-refractivity contribution is 5.90. The molecule has 0 saturated carbocycles. The second-order valence-corrected chi connectivity index (χ2v) is 4.97. The predicted molar refractivity (Wildman–Crippen MR) is 67.0 cm³/mol. The number of fused-ring (bicyclic) bond motifs is 2. The molecular formula is C13H17N3O. The molecule has 4 rings (SSSR count). The molecule has 2 amide bonds. The van der Waals surface area contributed by atoms with E-state index >= 15 is 0 Å². The van der Waals surface area contributed by atoms with Crippen LogP contribution in [-0.2, 0) is 0 Å². The van der Waals surface area contributed by atoms with E-state index in [1.165, 1.54) is 0 Å². The van der Waals surface area contributed by atoms with Crippen molar-refractivity contribution in [3.63, 3.8) is 0 Å². The molecule has 3 aliphatic rings. The summed E-state index contributed by atoms with van der Waals surface area (Å²) in [4.78, 5) is 16.4. The van der Waals surface area contributed by atoms with E-state index in [-0.39, 0.29) is 6.03 Å². The highest BCUT2D eigenvalue weighted by Crippen LogP contribution is 2.31. The molecule has 90 valence electrons. The van der Waals surface area contributed by atoms with Crippen LogP contribution in [0, 0.1) is 0 Å². The van der Waals surface area contributed by atoms with E-state index in [0.717, 1.165) is 25.2 Å². The van der Waals surface area contributed by atoms with Gasteiger partial charge in [0.2, 0.25) is 0 Å². The lowest BCUT2D eigenvalue weighted by molar-refractivity contribution is -0.0221. The van der Waals surface area contributed by atoms with Crippen molar-refractivity contribution in [2.75, 3.05) is 25.5 Å². The van der Waals surface area contributed by atoms with Crippen LogP contribution in [0.2, 0.25) is 0 Å². The molecule has 2 bridgehead atoms. The minimum Gasteiger partial charge on any atom is -0.316 e. The summed E-state index contributed by atoms with van der Waals surface area (Å²) in [5.74, 6) is 0. The van der Waals surface area contributed by atoms with Crippen molar-refractivity contribution < 1.29 is 4.79 Å². The highest BCUT2D eigenvalue weighted by atomic mass is 16.2. The van der Waals surface area contributed by atoms with Gasteiger partial charge in [-0.3, -0.25) is 0 Å². The lowest BCUT2D eigenvalue weighted by Gasteiger charge is -2.55. The molecule has 1 aromatic rings. The molecule has 2 atom stereocenters. The first-order valence-corrected chi connectivity index (χ1v) is 6.07. The fraction of sp³-hybridized carbons (Fsp3) is 0.462. The smallest absolute Gasteiger partial charge is 0.316 e. The number of anilines is 1. The van der Waals surface area contributed by atoms with Gasteiger partial charge in [-0.05, 0) is 25.6 Å². The number of carbonyl (C=O) groups excluding carboxylic acids is 1. The lowest BCUT2D eigenvalue weighted by Crippen LogP contribution is -2.70. The SMILES string of the molecule is CN1CC2CC(C1)N2C(=O)Nc1ccccc1. The van der Waals surface area contributed by atoms with E-state index in [0.29, 0.717) is 12.1 Å². The van der Waals surface area contributed by atoms with Crippen molar-refractivity contribution in [3.8, 4) is 0 Å². The first kappa shape index (κ1) is 10.6. The number of carbonyl (C=O) groups is 1. The normalized spacial score (nSPS) is 27.5. The largest absolute Gasteiger partial charge is 0.322 e. The van der Waals surface area contributed by atoms with E-state index < -0.39 is 0 Å². The fourth-order valence-electron chi connectivity index (χ4n) is 2.86. The van der Waals surface area contributed by atoms with Crippen molar-refractivity contribution in [3.05, 3.63) is 30.3 Å². The van der Waals surface area contributed by atoms with Crippen LogP contribution in [0.25, 0.3) is 0 Å². The molecule has 2 unspecified atom stereocenters. The third-order valence-corrected chi connectivity index (χ3v) is 3.64. The minimum atomic E-state index is 0.0468. The number of nitrogens with zero attached hydrogens (tertiary/aromatic N) is 2. The number of nitrogens with one attached hydrogen (secondary N) is 1. The van der Waals surface area contributed by atoms with Crippen LogP contribution >= 0.6 is 0 Å². The molecule has 3 saturated heterocycles. The monoisotopic (exact) mass is 231 g/mol. The number of para-hydroxylation sites is 1. The molecule has 4 heteroatoms. The summed E-state index contributed by atoms with van der Waals surface area (Å²) in [6, 6.07) is 10.5. The Bertz CT molecular complexity index is 408. The molecule has 0 aliphatic carbocycles. The van der Waals surface area contributed by atoms with Crippen LogP contribution < -0.4 is 5.32 Å². The van der Waals surface area contributed by atoms with Crippen molar-refractivity contribution >= 4 is 11.7 Å². The van der Waals surface area contributed by atoms with Gasteiger partial charge in [-0.2, -0.15) is 0 Å². The number of hydrogen-bond acceptors (Lipinski definition) is 2. The van der Waals surface area contributed by atoms with Crippen LogP contribution in [0.4, 0.5) is 10.5 Å². The van der Waals surface area contributed by atoms with Crippen LogP contribution in [0.3, 0.4) is 0 Å². The molecule has 17 heavy (non-hydrogen) atoms. The van der Waals surface area contributed by atoms with Crippen LogP contribution in [-0.4, -0.2) is 48.1 Å². The third-order valence-electron chi connectivity index (χ3n) is 3.64. The van der Waals surface area contributed by atoms with Gasteiger partial charge in [0.1, 0.15) is 0 Å². The molecule has 0 spiro atoms. The quantitative estimate of drug-likeness (QED) is 0.797. The van der Waals surface area contributed by atoms with Gasteiger partial charge in [0.15, 0.2) is 0 Å². The van der Waals surface area contributed by atoms with Gasteiger partial charge in [0, 0.05) is 30.9 Å². The molecule has 0 aromatic heterocycles. The maximum atomic E-state index is 12.1. The van der Waals surface area contributed by atoms with Crippen LogP contribution in [0.5, 0.6) is 0 Å². The standard InChI is InChI=1S/C13H17N3O/c1-15-8-11-7-12(9-15)16(11)13(17)14-10-5-3-2-4-6-10/h2-6,11-12H,7-9H2,1H3,(H,14,17). The first-order chi connectivity index (χ1) is 8.24. The molecule has 3 fully saturated rings. The lowest BCUT2D eigenvalue weighted by atomic mass is 9.88. The average Bonchev–Trinajstić information content (AvgIpc) is 2.29. The van der Waals surface area contributed by atoms with Gasteiger partial charge in [0.25, 0.3) is 0 Å². The van der Waals surface area contributed by atoms with Gasteiger partial charge >= 0.3 is 6.03 Å². The predicted octanol–water partition coefficient (Wildman–Crippen LogP) is 1.61. The van der Waals surface area contributed by atoms with Crippen LogP contribution in [0.1, 0.15) is 6.42 Å². The Hall–Kier alpha value is -1.55. The highest BCUT2D eigenvalue weighted by Gasteiger charge is 2.46. The second-order valence-electron chi connectivity index (χ2n) is 4.97. The summed E-state index contributed by atoms with van der Waals surface area (Å²) in [7, 11) is 2.12. The Morgan fingerprint density at radius 2 is 1.88 bits per heavy atom.